The van der Waals surface area contributed by atoms with Crippen LogP contribution in [0.25, 0.3) is 0 Å². The number of nitrogens with one attached hydrogen (secondary N) is 2. The molecule has 1 aromatic heterocycles. The fourth-order valence-corrected chi connectivity index (χ4v) is 2.07. The van der Waals surface area contributed by atoms with Crippen molar-refractivity contribution in [3.8, 4) is 0 Å². The van der Waals surface area contributed by atoms with Crippen LogP contribution in [0.5, 0.6) is 0 Å². The maximum Gasteiger partial charge on any atom is 0.321 e. The molecule has 9 heteroatoms. The quantitative estimate of drug-likeness (QED) is 0.673. The summed E-state index contributed by atoms with van der Waals surface area (Å²) in [4.78, 5) is 23.8. The molecule has 0 aliphatic heterocycles. The highest BCUT2D eigenvalue weighted by Gasteiger charge is 2.33. The summed E-state index contributed by atoms with van der Waals surface area (Å²) in [6.07, 6.45) is 2.05. The Bertz CT molecular complexity index is 459. The second kappa shape index (κ2) is 4.98. The minimum Gasteiger partial charge on any atom is -0.481 e. The van der Waals surface area contributed by atoms with Gasteiger partial charge in [-0.1, -0.05) is 11.5 Å². The zero-order chi connectivity index (χ0) is 13.1. The smallest absolute Gasteiger partial charge is 0.321 e. The highest BCUT2D eigenvalue weighted by molar-refractivity contribution is 5.88. The van der Waals surface area contributed by atoms with Gasteiger partial charge in [0.1, 0.15) is 0 Å². The van der Waals surface area contributed by atoms with Crippen LogP contribution in [-0.4, -0.2) is 43.4 Å². The molecule has 2 amide bonds. The summed E-state index contributed by atoms with van der Waals surface area (Å²) in [6.45, 7) is 0. The number of rotatable bonds is 3. The molecule has 2 atom stereocenters. The van der Waals surface area contributed by atoms with Gasteiger partial charge in [0.25, 0.3) is 5.95 Å². The number of aromatic nitrogens is 4. The van der Waals surface area contributed by atoms with Crippen LogP contribution in [0.15, 0.2) is 0 Å². The van der Waals surface area contributed by atoms with Crippen molar-refractivity contribution in [2.75, 3.05) is 5.32 Å². The summed E-state index contributed by atoms with van der Waals surface area (Å²) in [7, 11) is 1.58. The van der Waals surface area contributed by atoms with E-state index in [-0.39, 0.29) is 12.0 Å². The lowest BCUT2D eigenvalue weighted by atomic mass is 10.0. The van der Waals surface area contributed by atoms with Crippen LogP contribution >= 0.6 is 0 Å². The SMILES string of the molecule is Cn1nnc(NC(=O)NC2CCCC2C(=O)O)n1. The van der Waals surface area contributed by atoms with Crippen LogP contribution in [0.4, 0.5) is 10.7 Å². The zero-order valence-electron chi connectivity index (χ0n) is 9.83. The van der Waals surface area contributed by atoms with E-state index in [4.69, 9.17) is 5.11 Å². The van der Waals surface area contributed by atoms with Crippen molar-refractivity contribution >= 4 is 17.9 Å². The molecular formula is C9H14N6O3. The molecule has 0 spiro atoms. The largest absolute Gasteiger partial charge is 0.481 e. The average molecular weight is 254 g/mol. The van der Waals surface area contributed by atoms with Gasteiger partial charge in [0, 0.05) is 6.04 Å². The van der Waals surface area contributed by atoms with E-state index in [1.54, 1.807) is 7.05 Å². The fraction of sp³-hybridized carbons (Fsp3) is 0.667. The Morgan fingerprint density at radius 1 is 1.44 bits per heavy atom. The molecule has 18 heavy (non-hydrogen) atoms. The number of urea groups is 1. The number of anilines is 1. The number of carboxylic acids is 1. The molecule has 1 heterocycles. The zero-order valence-corrected chi connectivity index (χ0v) is 9.83. The monoisotopic (exact) mass is 254 g/mol. The number of carboxylic acid groups (broad SMARTS) is 1. The number of carbonyl (C=O) groups is 2. The summed E-state index contributed by atoms with van der Waals surface area (Å²) >= 11 is 0. The molecular weight excluding hydrogens is 240 g/mol. The van der Waals surface area contributed by atoms with Gasteiger partial charge in [0.15, 0.2) is 0 Å². The Hall–Kier alpha value is -2.19. The van der Waals surface area contributed by atoms with E-state index in [9.17, 15) is 9.59 Å². The minimum atomic E-state index is -0.879. The van der Waals surface area contributed by atoms with Crippen LogP contribution in [0.2, 0.25) is 0 Å². The molecule has 1 aromatic rings. The van der Waals surface area contributed by atoms with Crippen molar-refractivity contribution in [3.63, 3.8) is 0 Å². The number of hydrogen-bond donors (Lipinski definition) is 3. The molecule has 1 aliphatic carbocycles. The number of carbonyl (C=O) groups excluding carboxylic acids is 1. The predicted octanol–water partition coefficient (Wildman–Crippen LogP) is -0.415. The van der Waals surface area contributed by atoms with E-state index >= 15 is 0 Å². The van der Waals surface area contributed by atoms with E-state index in [1.807, 2.05) is 0 Å². The summed E-state index contributed by atoms with van der Waals surface area (Å²) in [5.74, 6) is -1.32. The summed E-state index contributed by atoms with van der Waals surface area (Å²) in [6, 6.07) is -0.861. The van der Waals surface area contributed by atoms with Crippen LogP contribution in [0.1, 0.15) is 19.3 Å². The maximum atomic E-state index is 11.6. The van der Waals surface area contributed by atoms with Gasteiger partial charge >= 0.3 is 12.0 Å². The molecule has 0 saturated heterocycles. The van der Waals surface area contributed by atoms with E-state index in [0.717, 1.165) is 6.42 Å². The Kier molecular flexibility index (Phi) is 3.40. The molecule has 1 aliphatic rings. The second-order valence-electron chi connectivity index (χ2n) is 4.18. The summed E-state index contributed by atoms with van der Waals surface area (Å²) < 4.78 is 0. The maximum absolute atomic E-state index is 11.6. The Labute approximate surface area is 103 Å². The highest BCUT2D eigenvalue weighted by Crippen LogP contribution is 2.25. The van der Waals surface area contributed by atoms with Crippen molar-refractivity contribution in [1.29, 1.82) is 0 Å². The Morgan fingerprint density at radius 2 is 2.22 bits per heavy atom. The van der Waals surface area contributed by atoms with Gasteiger partial charge in [-0.25, -0.2) is 4.79 Å². The first-order chi connectivity index (χ1) is 8.56. The van der Waals surface area contributed by atoms with Crippen LogP contribution in [0, 0.1) is 5.92 Å². The number of amides is 2. The van der Waals surface area contributed by atoms with Gasteiger partial charge < -0.3 is 10.4 Å². The van der Waals surface area contributed by atoms with Gasteiger partial charge in [0.2, 0.25) is 0 Å². The van der Waals surface area contributed by atoms with Crippen LogP contribution in [-0.2, 0) is 11.8 Å². The Balaban J connectivity index is 1.89. The van der Waals surface area contributed by atoms with Gasteiger partial charge in [-0.05, 0) is 18.1 Å². The molecule has 0 aromatic carbocycles. The number of tetrazole rings is 1. The molecule has 0 bridgehead atoms. The summed E-state index contributed by atoms with van der Waals surface area (Å²) in [5.41, 5.74) is 0. The molecule has 98 valence electrons. The number of aliphatic carboxylic acids is 1. The first kappa shape index (κ1) is 12.3. The third kappa shape index (κ3) is 2.73. The minimum absolute atomic E-state index is 0.0832. The lowest BCUT2D eigenvalue weighted by Gasteiger charge is -2.16. The normalized spacial score (nSPS) is 22.7. The van der Waals surface area contributed by atoms with Crippen molar-refractivity contribution in [3.05, 3.63) is 0 Å². The average Bonchev–Trinajstić information content (AvgIpc) is 2.87. The van der Waals surface area contributed by atoms with Crippen LogP contribution in [0.3, 0.4) is 0 Å². The van der Waals surface area contributed by atoms with Crippen molar-refractivity contribution in [2.24, 2.45) is 13.0 Å². The first-order valence-electron chi connectivity index (χ1n) is 5.60. The first-order valence-corrected chi connectivity index (χ1v) is 5.60. The third-order valence-corrected chi connectivity index (χ3v) is 2.88. The topological polar surface area (TPSA) is 122 Å². The van der Waals surface area contributed by atoms with Gasteiger partial charge in [-0.3, -0.25) is 10.1 Å². The van der Waals surface area contributed by atoms with Gasteiger partial charge in [-0.15, -0.1) is 5.10 Å². The number of nitrogens with zero attached hydrogens (tertiary/aromatic N) is 4. The van der Waals surface area contributed by atoms with Crippen molar-refractivity contribution in [2.45, 2.75) is 25.3 Å². The van der Waals surface area contributed by atoms with Crippen LogP contribution < -0.4 is 10.6 Å². The highest BCUT2D eigenvalue weighted by atomic mass is 16.4. The number of hydrogen-bond acceptors (Lipinski definition) is 5. The fourth-order valence-electron chi connectivity index (χ4n) is 2.07. The van der Waals surface area contributed by atoms with E-state index < -0.39 is 17.9 Å². The van der Waals surface area contributed by atoms with E-state index in [2.05, 4.69) is 26.0 Å². The standard InChI is InChI=1S/C9H14N6O3/c1-15-13-8(12-14-15)11-9(18)10-6-4-2-3-5(6)7(16)17/h5-6H,2-4H2,1H3,(H,16,17)(H2,10,11,13,18). The molecule has 2 unspecified atom stereocenters. The molecule has 2 rings (SSSR count). The number of aryl methyl sites for hydroxylation is 1. The summed E-state index contributed by atoms with van der Waals surface area (Å²) in [5, 5.41) is 24.9. The molecule has 1 saturated carbocycles. The van der Waals surface area contributed by atoms with Gasteiger partial charge in [-0.2, -0.15) is 4.80 Å². The van der Waals surface area contributed by atoms with Crippen molar-refractivity contribution < 1.29 is 14.7 Å². The third-order valence-electron chi connectivity index (χ3n) is 2.88. The predicted molar refractivity (Wildman–Crippen MR) is 59.7 cm³/mol. The lowest BCUT2D eigenvalue weighted by Crippen LogP contribution is -2.42. The molecule has 0 radical (unpaired) electrons. The second-order valence-corrected chi connectivity index (χ2v) is 4.18. The van der Waals surface area contributed by atoms with Gasteiger partial charge in [0.05, 0.1) is 13.0 Å². The van der Waals surface area contributed by atoms with E-state index in [0.29, 0.717) is 12.8 Å². The van der Waals surface area contributed by atoms with E-state index in [1.165, 1.54) is 4.80 Å². The molecule has 3 N–H and O–H groups in total. The van der Waals surface area contributed by atoms with Crippen molar-refractivity contribution in [1.82, 2.24) is 25.5 Å². The lowest BCUT2D eigenvalue weighted by molar-refractivity contribution is -0.142. The Morgan fingerprint density at radius 3 is 2.83 bits per heavy atom. The molecule has 9 nitrogen and oxygen atoms in total. The molecule has 1 fully saturated rings.